The van der Waals surface area contributed by atoms with Crippen molar-refractivity contribution in [3.8, 4) is 0 Å². The van der Waals surface area contributed by atoms with Gasteiger partial charge in [-0.25, -0.2) is 9.97 Å². The number of benzene rings is 1. The maximum Gasteiger partial charge on any atom is 0.451 e. The van der Waals surface area contributed by atoms with Crippen molar-refractivity contribution in [1.82, 2.24) is 15.3 Å². The molecule has 1 aliphatic rings. The molecule has 0 saturated heterocycles. The fourth-order valence-electron chi connectivity index (χ4n) is 3.50. The molecule has 0 aliphatic heterocycles. The largest absolute Gasteiger partial charge is 0.451 e. The van der Waals surface area contributed by atoms with Crippen LogP contribution in [0.3, 0.4) is 0 Å². The highest BCUT2D eigenvalue weighted by atomic mass is 79.9. The SMILES string of the molecule is CNC(=O)[C@H]1CC[C@@H](Nc2nc(C(F)(F)F)nc3c(C)cc(Br)cc23)CC1. The molecular weight excluding hydrogens is 425 g/mol. The molecule has 1 aromatic heterocycles. The molecule has 2 N–H and O–H groups in total. The molecule has 0 atom stereocenters. The van der Waals surface area contributed by atoms with Crippen molar-refractivity contribution >= 4 is 38.6 Å². The van der Waals surface area contributed by atoms with E-state index in [1.54, 1.807) is 26.1 Å². The Kier molecular flexibility index (Phi) is 5.60. The zero-order valence-corrected chi connectivity index (χ0v) is 16.5. The lowest BCUT2D eigenvalue weighted by Gasteiger charge is -2.29. The molecule has 146 valence electrons. The first-order valence-corrected chi connectivity index (χ1v) is 9.51. The quantitative estimate of drug-likeness (QED) is 0.734. The van der Waals surface area contributed by atoms with Crippen LogP contribution in [0, 0.1) is 12.8 Å². The average molecular weight is 445 g/mol. The second kappa shape index (κ2) is 7.61. The molecule has 0 unspecified atom stereocenters. The summed E-state index contributed by atoms with van der Waals surface area (Å²) < 4.78 is 40.5. The normalized spacial score (nSPS) is 20.5. The summed E-state index contributed by atoms with van der Waals surface area (Å²) in [5, 5.41) is 6.36. The molecule has 3 rings (SSSR count). The summed E-state index contributed by atoms with van der Waals surface area (Å²) in [6.45, 7) is 1.72. The minimum absolute atomic E-state index is 0.0137. The van der Waals surface area contributed by atoms with E-state index >= 15 is 0 Å². The highest BCUT2D eigenvalue weighted by Crippen LogP contribution is 2.34. The van der Waals surface area contributed by atoms with Crippen LogP contribution < -0.4 is 10.6 Å². The molecule has 1 fully saturated rings. The molecule has 1 aromatic carbocycles. The second-order valence-corrected chi connectivity index (χ2v) is 7.74. The number of hydrogen-bond acceptors (Lipinski definition) is 4. The van der Waals surface area contributed by atoms with Gasteiger partial charge in [-0.05, 0) is 50.3 Å². The van der Waals surface area contributed by atoms with E-state index in [0.29, 0.717) is 36.6 Å². The van der Waals surface area contributed by atoms with Crippen molar-refractivity contribution in [2.24, 2.45) is 5.92 Å². The van der Waals surface area contributed by atoms with E-state index in [9.17, 15) is 18.0 Å². The number of aryl methyl sites for hydroxylation is 1. The van der Waals surface area contributed by atoms with Crippen LogP contribution in [0.5, 0.6) is 0 Å². The summed E-state index contributed by atoms with van der Waals surface area (Å²) in [5.41, 5.74) is 0.917. The Labute approximate surface area is 163 Å². The van der Waals surface area contributed by atoms with Gasteiger partial charge in [0.2, 0.25) is 11.7 Å². The standard InChI is InChI=1S/C18H20BrF3N4O/c1-9-7-11(19)8-13-14(9)25-17(18(20,21)22)26-15(13)24-12-5-3-10(4-6-12)16(27)23-2/h7-8,10,12H,3-6H2,1-2H3,(H,23,27)(H,24,25,26)/t10-,12+. The van der Waals surface area contributed by atoms with E-state index in [-0.39, 0.29) is 29.2 Å². The number of halogens is 4. The maximum atomic E-state index is 13.3. The van der Waals surface area contributed by atoms with E-state index in [0.717, 1.165) is 4.47 Å². The molecule has 1 heterocycles. The van der Waals surface area contributed by atoms with Crippen LogP contribution in [-0.2, 0) is 11.0 Å². The van der Waals surface area contributed by atoms with Crippen LogP contribution in [0.25, 0.3) is 10.9 Å². The summed E-state index contributed by atoms with van der Waals surface area (Å²) >= 11 is 3.38. The number of nitrogens with one attached hydrogen (secondary N) is 2. The van der Waals surface area contributed by atoms with Crippen LogP contribution in [0.4, 0.5) is 19.0 Å². The first kappa shape index (κ1) is 19.9. The molecule has 1 aliphatic carbocycles. The third-order valence-corrected chi connectivity index (χ3v) is 5.35. The number of aromatic nitrogens is 2. The van der Waals surface area contributed by atoms with Crippen LogP contribution in [0.15, 0.2) is 16.6 Å². The van der Waals surface area contributed by atoms with Gasteiger partial charge in [-0.2, -0.15) is 13.2 Å². The fourth-order valence-corrected chi connectivity index (χ4v) is 4.07. The lowest BCUT2D eigenvalue weighted by molar-refractivity contribution is -0.144. The van der Waals surface area contributed by atoms with Crippen LogP contribution in [-0.4, -0.2) is 29.0 Å². The molecule has 0 bridgehead atoms. The van der Waals surface area contributed by atoms with Gasteiger partial charge >= 0.3 is 6.18 Å². The molecule has 0 radical (unpaired) electrons. The molecule has 1 amide bonds. The Morgan fingerprint density at radius 1 is 1.19 bits per heavy atom. The van der Waals surface area contributed by atoms with Gasteiger partial charge in [-0.15, -0.1) is 0 Å². The lowest BCUT2D eigenvalue weighted by atomic mass is 9.85. The molecule has 9 heteroatoms. The smallest absolute Gasteiger partial charge is 0.367 e. The third-order valence-electron chi connectivity index (χ3n) is 4.89. The average Bonchev–Trinajstić information content (AvgIpc) is 2.61. The van der Waals surface area contributed by atoms with Gasteiger partial charge in [0.1, 0.15) is 5.82 Å². The van der Waals surface area contributed by atoms with Gasteiger partial charge in [0.05, 0.1) is 5.52 Å². The van der Waals surface area contributed by atoms with Crippen molar-refractivity contribution in [3.63, 3.8) is 0 Å². The highest BCUT2D eigenvalue weighted by Gasteiger charge is 2.36. The highest BCUT2D eigenvalue weighted by molar-refractivity contribution is 9.10. The van der Waals surface area contributed by atoms with Crippen LogP contribution in [0.2, 0.25) is 0 Å². The summed E-state index contributed by atoms with van der Waals surface area (Å²) in [7, 11) is 1.61. The predicted molar refractivity (Wildman–Crippen MR) is 100 cm³/mol. The van der Waals surface area contributed by atoms with Gasteiger partial charge in [0.15, 0.2) is 0 Å². The summed E-state index contributed by atoms with van der Waals surface area (Å²) in [5.74, 6) is -1.00. The summed E-state index contributed by atoms with van der Waals surface area (Å²) in [6.07, 6.45) is -1.86. The summed E-state index contributed by atoms with van der Waals surface area (Å²) in [4.78, 5) is 19.3. The zero-order valence-electron chi connectivity index (χ0n) is 15.0. The van der Waals surface area contributed by atoms with Gasteiger partial charge < -0.3 is 10.6 Å². The van der Waals surface area contributed by atoms with E-state index in [1.165, 1.54) is 0 Å². The number of alkyl halides is 3. The van der Waals surface area contributed by atoms with Gasteiger partial charge in [-0.3, -0.25) is 4.79 Å². The van der Waals surface area contributed by atoms with Gasteiger partial charge in [0, 0.05) is 28.9 Å². The number of rotatable bonds is 3. The van der Waals surface area contributed by atoms with E-state index in [1.807, 2.05) is 0 Å². The fraction of sp³-hybridized carbons (Fsp3) is 0.500. The maximum absolute atomic E-state index is 13.3. The van der Waals surface area contributed by atoms with Gasteiger partial charge in [0.25, 0.3) is 0 Å². The second-order valence-electron chi connectivity index (χ2n) is 6.82. The van der Waals surface area contributed by atoms with E-state index in [4.69, 9.17) is 0 Å². The van der Waals surface area contributed by atoms with Crippen molar-refractivity contribution in [2.75, 3.05) is 12.4 Å². The number of carbonyl (C=O) groups is 1. The van der Waals surface area contributed by atoms with Crippen LogP contribution >= 0.6 is 15.9 Å². The molecule has 27 heavy (non-hydrogen) atoms. The number of anilines is 1. The number of amides is 1. The van der Waals surface area contributed by atoms with Crippen molar-refractivity contribution in [1.29, 1.82) is 0 Å². The first-order chi connectivity index (χ1) is 12.7. The number of nitrogens with zero attached hydrogens (tertiary/aromatic N) is 2. The lowest BCUT2D eigenvalue weighted by Crippen LogP contribution is -2.34. The topological polar surface area (TPSA) is 66.9 Å². The number of carbonyl (C=O) groups excluding carboxylic acids is 1. The van der Waals surface area contributed by atoms with Crippen molar-refractivity contribution in [2.45, 2.75) is 44.8 Å². The van der Waals surface area contributed by atoms with Crippen molar-refractivity contribution < 1.29 is 18.0 Å². The number of fused-ring (bicyclic) bond motifs is 1. The van der Waals surface area contributed by atoms with Gasteiger partial charge in [-0.1, -0.05) is 15.9 Å². The number of hydrogen-bond donors (Lipinski definition) is 2. The van der Waals surface area contributed by atoms with Crippen molar-refractivity contribution in [3.05, 3.63) is 28.0 Å². The Morgan fingerprint density at radius 3 is 2.44 bits per heavy atom. The third kappa shape index (κ3) is 4.34. The molecule has 2 aromatic rings. The molecule has 5 nitrogen and oxygen atoms in total. The zero-order chi connectivity index (χ0) is 19.8. The Bertz CT molecular complexity index is 864. The molecular formula is C18H20BrF3N4O. The molecule has 0 spiro atoms. The Hall–Kier alpha value is -1.90. The Morgan fingerprint density at radius 2 is 1.85 bits per heavy atom. The Balaban J connectivity index is 1.92. The minimum Gasteiger partial charge on any atom is -0.367 e. The molecule has 1 saturated carbocycles. The predicted octanol–water partition coefficient (Wildman–Crippen LogP) is 4.44. The van der Waals surface area contributed by atoms with E-state index in [2.05, 4.69) is 36.5 Å². The monoisotopic (exact) mass is 444 g/mol. The van der Waals surface area contributed by atoms with E-state index < -0.39 is 12.0 Å². The summed E-state index contributed by atoms with van der Waals surface area (Å²) in [6, 6.07) is 3.42. The van der Waals surface area contributed by atoms with Crippen LogP contribution in [0.1, 0.15) is 37.1 Å². The first-order valence-electron chi connectivity index (χ1n) is 8.72. The minimum atomic E-state index is -4.62.